The standard InChI is InChI=1S/C15H15NO/c1-13-7-9-15(10-8-13)16(12-17)11-14-5-3-2-4-6-14/h2-10,12H,11H2,1H3. The number of hydrogen-bond acceptors (Lipinski definition) is 1. The van der Waals surface area contributed by atoms with Gasteiger partial charge in [-0.2, -0.15) is 0 Å². The highest BCUT2D eigenvalue weighted by Crippen LogP contribution is 2.16. The van der Waals surface area contributed by atoms with E-state index in [4.69, 9.17) is 0 Å². The van der Waals surface area contributed by atoms with Gasteiger partial charge in [0.05, 0.1) is 6.54 Å². The molecule has 2 aromatic carbocycles. The van der Waals surface area contributed by atoms with Crippen molar-refractivity contribution in [1.82, 2.24) is 0 Å². The van der Waals surface area contributed by atoms with Crippen LogP contribution in [0.4, 0.5) is 5.69 Å². The second-order valence-electron chi connectivity index (χ2n) is 4.05. The molecule has 0 atom stereocenters. The van der Waals surface area contributed by atoms with E-state index in [9.17, 15) is 4.79 Å². The third kappa shape index (κ3) is 2.94. The molecule has 0 fully saturated rings. The number of amides is 1. The normalized spacial score (nSPS) is 9.94. The molecule has 0 unspecified atom stereocenters. The number of hydrogen-bond donors (Lipinski definition) is 0. The number of anilines is 1. The summed E-state index contributed by atoms with van der Waals surface area (Å²) in [5.74, 6) is 0. The van der Waals surface area contributed by atoms with Crippen molar-refractivity contribution in [1.29, 1.82) is 0 Å². The van der Waals surface area contributed by atoms with Gasteiger partial charge in [0.25, 0.3) is 0 Å². The summed E-state index contributed by atoms with van der Waals surface area (Å²) in [4.78, 5) is 12.8. The molecule has 0 heterocycles. The van der Waals surface area contributed by atoms with Gasteiger partial charge in [-0.3, -0.25) is 4.79 Å². The van der Waals surface area contributed by atoms with Crippen LogP contribution in [0.5, 0.6) is 0 Å². The maximum absolute atomic E-state index is 11.1. The first kappa shape index (κ1) is 11.4. The van der Waals surface area contributed by atoms with E-state index in [-0.39, 0.29) is 0 Å². The van der Waals surface area contributed by atoms with Crippen molar-refractivity contribution in [3.63, 3.8) is 0 Å². The van der Waals surface area contributed by atoms with Crippen LogP contribution in [0.25, 0.3) is 0 Å². The van der Waals surface area contributed by atoms with Gasteiger partial charge in [-0.1, -0.05) is 48.0 Å². The predicted octanol–water partition coefficient (Wildman–Crippen LogP) is 3.16. The first-order valence-electron chi connectivity index (χ1n) is 5.62. The molecule has 0 aliphatic heterocycles. The van der Waals surface area contributed by atoms with Crippen molar-refractivity contribution in [3.8, 4) is 0 Å². The molecule has 2 rings (SSSR count). The molecule has 0 bridgehead atoms. The van der Waals surface area contributed by atoms with Crippen molar-refractivity contribution in [2.45, 2.75) is 13.5 Å². The molecule has 86 valence electrons. The summed E-state index contributed by atoms with van der Waals surface area (Å²) < 4.78 is 0. The van der Waals surface area contributed by atoms with Gasteiger partial charge in [-0.05, 0) is 24.6 Å². The fourth-order valence-electron chi connectivity index (χ4n) is 1.71. The molecule has 0 aliphatic rings. The fraction of sp³-hybridized carbons (Fsp3) is 0.133. The van der Waals surface area contributed by atoms with Gasteiger partial charge >= 0.3 is 0 Å². The zero-order valence-corrected chi connectivity index (χ0v) is 9.84. The van der Waals surface area contributed by atoms with Gasteiger partial charge in [0.15, 0.2) is 0 Å². The highest BCUT2D eigenvalue weighted by Gasteiger charge is 2.05. The lowest BCUT2D eigenvalue weighted by Crippen LogP contribution is -2.20. The fourth-order valence-corrected chi connectivity index (χ4v) is 1.71. The third-order valence-electron chi connectivity index (χ3n) is 2.69. The average molecular weight is 225 g/mol. The molecule has 0 N–H and O–H groups in total. The minimum atomic E-state index is 0.605. The van der Waals surface area contributed by atoms with E-state index < -0.39 is 0 Å². The molecule has 0 aliphatic carbocycles. The van der Waals surface area contributed by atoms with Gasteiger partial charge in [0.1, 0.15) is 0 Å². The molecule has 2 heteroatoms. The molecule has 2 aromatic rings. The Morgan fingerprint density at radius 3 is 2.24 bits per heavy atom. The summed E-state index contributed by atoms with van der Waals surface area (Å²) in [7, 11) is 0. The topological polar surface area (TPSA) is 20.3 Å². The van der Waals surface area contributed by atoms with Crippen LogP contribution in [0.2, 0.25) is 0 Å². The number of aryl methyl sites for hydroxylation is 1. The minimum absolute atomic E-state index is 0.605. The minimum Gasteiger partial charge on any atom is -0.311 e. The number of carbonyl (C=O) groups excluding carboxylic acids is 1. The molecule has 0 saturated heterocycles. The van der Waals surface area contributed by atoms with E-state index in [0.29, 0.717) is 6.54 Å². The van der Waals surface area contributed by atoms with Gasteiger partial charge in [-0.25, -0.2) is 0 Å². The maximum atomic E-state index is 11.1. The van der Waals surface area contributed by atoms with Crippen LogP contribution in [0.3, 0.4) is 0 Å². The van der Waals surface area contributed by atoms with Crippen LogP contribution in [-0.4, -0.2) is 6.41 Å². The summed E-state index contributed by atoms with van der Waals surface area (Å²) in [5.41, 5.74) is 3.24. The van der Waals surface area contributed by atoms with Crippen molar-refractivity contribution in [3.05, 3.63) is 65.7 Å². The highest BCUT2D eigenvalue weighted by atomic mass is 16.1. The Hall–Kier alpha value is -2.09. The summed E-state index contributed by atoms with van der Waals surface area (Å²) in [6.45, 7) is 2.64. The van der Waals surface area contributed by atoms with E-state index in [0.717, 1.165) is 17.7 Å². The molecule has 0 saturated carbocycles. The third-order valence-corrected chi connectivity index (χ3v) is 2.69. The second kappa shape index (κ2) is 5.30. The molecule has 1 amide bonds. The zero-order chi connectivity index (χ0) is 12.1. The second-order valence-corrected chi connectivity index (χ2v) is 4.05. The summed E-state index contributed by atoms with van der Waals surface area (Å²) in [6.07, 6.45) is 0.873. The average Bonchev–Trinajstić information content (AvgIpc) is 2.38. The lowest BCUT2D eigenvalue weighted by Gasteiger charge is -2.17. The van der Waals surface area contributed by atoms with Crippen LogP contribution >= 0.6 is 0 Å². The summed E-state index contributed by atoms with van der Waals surface area (Å²) in [6, 6.07) is 17.9. The quantitative estimate of drug-likeness (QED) is 0.732. The smallest absolute Gasteiger partial charge is 0.214 e. The van der Waals surface area contributed by atoms with Crippen LogP contribution in [-0.2, 0) is 11.3 Å². The van der Waals surface area contributed by atoms with Gasteiger partial charge < -0.3 is 4.90 Å². The Balaban J connectivity index is 2.17. The van der Waals surface area contributed by atoms with Gasteiger partial charge in [0.2, 0.25) is 6.41 Å². The van der Waals surface area contributed by atoms with Crippen LogP contribution in [0, 0.1) is 6.92 Å². The SMILES string of the molecule is Cc1ccc(N(C=O)Cc2ccccc2)cc1. The molecular formula is C15H15NO. The predicted molar refractivity (Wildman–Crippen MR) is 69.9 cm³/mol. The van der Waals surface area contributed by atoms with Gasteiger partial charge in [0, 0.05) is 5.69 Å². The molecule has 0 spiro atoms. The van der Waals surface area contributed by atoms with E-state index >= 15 is 0 Å². The first-order chi connectivity index (χ1) is 8.29. The molecule has 2 nitrogen and oxygen atoms in total. The Morgan fingerprint density at radius 1 is 1.00 bits per heavy atom. The maximum Gasteiger partial charge on any atom is 0.214 e. The van der Waals surface area contributed by atoms with Crippen LogP contribution < -0.4 is 4.90 Å². The lowest BCUT2D eigenvalue weighted by molar-refractivity contribution is -0.107. The Bertz CT molecular complexity index is 476. The van der Waals surface area contributed by atoms with E-state index in [2.05, 4.69) is 0 Å². The van der Waals surface area contributed by atoms with Crippen LogP contribution in [0.15, 0.2) is 54.6 Å². The first-order valence-corrected chi connectivity index (χ1v) is 5.62. The number of carbonyl (C=O) groups is 1. The molecular weight excluding hydrogens is 210 g/mol. The number of nitrogens with zero attached hydrogens (tertiary/aromatic N) is 1. The van der Waals surface area contributed by atoms with Crippen molar-refractivity contribution >= 4 is 12.1 Å². The van der Waals surface area contributed by atoms with Gasteiger partial charge in [-0.15, -0.1) is 0 Å². The Morgan fingerprint density at radius 2 is 1.65 bits per heavy atom. The van der Waals surface area contributed by atoms with Crippen molar-refractivity contribution < 1.29 is 4.79 Å². The molecule has 17 heavy (non-hydrogen) atoms. The molecule has 0 radical (unpaired) electrons. The summed E-state index contributed by atoms with van der Waals surface area (Å²) >= 11 is 0. The number of benzene rings is 2. The summed E-state index contributed by atoms with van der Waals surface area (Å²) in [5, 5.41) is 0. The highest BCUT2D eigenvalue weighted by molar-refractivity contribution is 5.75. The monoisotopic (exact) mass is 225 g/mol. The van der Waals surface area contributed by atoms with Crippen LogP contribution in [0.1, 0.15) is 11.1 Å². The Kier molecular flexibility index (Phi) is 3.55. The van der Waals surface area contributed by atoms with E-state index in [1.54, 1.807) is 4.90 Å². The van der Waals surface area contributed by atoms with E-state index in [1.807, 2.05) is 61.5 Å². The van der Waals surface area contributed by atoms with Crippen molar-refractivity contribution in [2.75, 3.05) is 4.90 Å². The lowest BCUT2D eigenvalue weighted by atomic mass is 10.2. The zero-order valence-electron chi connectivity index (χ0n) is 9.84. The van der Waals surface area contributed by atoms with E-state index in [1.165, 1.54) is 5.56 Å². The Labute approximate surface area is 102 Å². The number of rotatable bonds is 4. The van der Waals surface area contributed by atoms with Crippen molar-refractivity contribution in [2.24, 2.45) is 0 Å². The largest absolute Gasteiger partial charge is 0.311 e. The molecule has 0 aromatic heterocycles.